The van der Waals surface area contributed by atoms with Gasteiger partial charge in [0.15, 0.2) is 17.0 Å². The van der Waals surface area contributed by atoms with Gasteiger partial charge >= 0.3 is 0 Å². The summed E-state index contributed by atoms with van der Waals surface area (Å²) in [5, 5.41) is 10.2. The molecule has 0 aliphatic rings. The molecule has 0 saturated heterocycles. The summed E-state index contributed by atoms with van der Waals surface area (Å²) in [5.74, 6) is 1.01. The minimum Gasteiger partial charge on any atom is -0.497 e. The van der Waals surface area contributed by atoms with E-state index in [4.69, 9.17) is 4.74 Å². The molecule has 0 fully saturated rings. The van der Waals surface area contributed by atoms with Crippen molar-refractivity contribution in [2.75, 3.05) is 17.7 Å². The van der Waals surface area contributed by atoms with Crippen molar-refractivity contribution < 1.29 is 9.53 Å². The Morgan fingerprint density at radius 2 is 2.08 bits per heavy atom. The fraction of sp³-hybridized carbons (Fsp3) is 0.250. The van der Waals surface area contributed by atoms with Crippen LogP contribution in [0.15, 0.2) is 36.7 Å². The number of hydrogen-bond acceptors (Lipinski definition) is 6. The molecule has 2 aromatic heterocycles. The van der Waals surface area contributed by atoms with Crippen LogP contribution in [0.3, 0.4) is 0 Å². The maximum absolute atomic E-state index is 12.4. The monoisotopic (exact) mass is 326 g/mol. The smallest absolute Gasteiger partial charge is 0.246 e. The number of benzene rings is 1. The quantitative estimate of drug-likeness (QED) is 0.743. The SMILES string of the molecule is COc1cccc(NC(=O)C(C)Nc2nn(C)c3nccnc23)c1. The van der Waals surface area contributed by atoms with Crippen LogP contribution in [-0.2, 0) is 11.8 Å². The first kappa shape index (κ1) is 15.7. The molecule has 2 heterocycles. The van der Waals surface area contributed by atoms with Gasteiger partial charge in [0.05, 0.1) is 7.11 Å². The highest BCUT2D eigenvalue weighted by Gasteiger charge is 2.18. The van der Waals surface area contributed by atoms with Crippen LogP contribution in [0.2, 0.25) is 0 Å². The Bertz CT molecular complexity index is 876. The zero-order chi connectivity index (χ0) is 17.1. The van der Waals surface area contributed by atoms with Gasteiger partial charge in [0.25, 0.3) is 0 Å². The number of ether oxygens (including phenoxy) is 1. The van der Waals surface area contributed by atoms with Gasteiger partial charge in [-0.2, -0.15) is 5.10 Å². The maximum Gasteiger partial charge on any atom is 0.246 e. The van der Waals surface area contributed by atoms with E-state index in [2.05, 4.69) is 25.7 Å². The molecule has 0 saturated carbocycles. The first-order valence-corrected chi connectivity index (χ1v) is 7.43. The first-order valence-electron chi connectivity index (χ1n) is 7.43. The topological polar surface area (TPSA) is 94.0 Å². The fourth-order valence-corrected chi connectivity index (χ4v) is 2.30. The molecular weight excluding hydrogens is 308 g/mol. The summed E-state index contributed by atoms with van der Waals surface area (Å²) in [5.41, 5.74) is 1.94. The van der Waals surface area contributed by atoms with Gasteiger partial charge in [0, 0.05) is 31.2 Å². The van der Waals surface area contributed by atoms with E-state index < -0.39 is 6.04 Å². The number of rotatable bonds is 5. The molecule has 1 atom stereocenters. The summed E-state index contributed by atoms with van der Waals surface area (Å²) < 4.78 is 6.77. The van der Waals surface area contributed by atoms with Gasteiger partial charge in [-0.3, -0.25) is 4.79 Å². The number of aryl methyl sites for hydroxylation is 1. The lowest BCUT2D eigenvalue weighted by molar-refractivity contribution is -0.116. The summed E-state index contributed by atoms with van der Waals surface area (Å²) in [6.07, 6.45) is 3.20. The van der Waals surface area contributed by atoms with E-state index in [9.17, 15) is 4.79 Å². The molecule has 1 amide bonds. The van der Waals surface area contributed by atoms with Crippen molar-refractivity contribution in [3.05, 3.63) is 36.7 Å². The van der Waals surface area contributed by atoms with Gasteiger partial charge in [-0.1, -0.05) is 6.07 Å². The van der Waals surface area contributed by atoms with Crippen LogP contribution in [0.25, 0.3) is 11.2 Å². The number of hydrogen-bond donors (Lipinski definition) is 2. The Balaban J connectivity index is 1.73. The van der Waals surface area contributed by atoms with E-state index in [1.165, 1.54) is 0 Å². The molecule has 8 nitrogen and oxygen atoms in total. The molecule has 0 aliphatic carbocycles. The predicted molar refractivity (Wildman–Crippen MR) is 91.0 cm³/mol. The average Bonchev–Trinajstić information content (AvgIpc) is 2.91. The number of carbonyl (C=O) groups excluding carboxylic acids is 1. The molecule has 124 valence electrons. The average molecular weight is 326 g/mol. The minimum atomic E-state index is -0.503. The lowest BCUT2D eigenvalue weighted by atomic mass is 10.2. The molecule has 0 spiro atoms. The van der Waals surface area contributed by atoms with Crippen molar-refractivity contribution in [1.82, 2.24) is 19.7 Å². The molecule has 8 heteroatoms. The lowest BCUT2D eigenvalue weighted by Crippen LogP contribution is -2.32. The molecule has 1 aromatic carbocycles. The van der Waals surface area contributed by atoms with Crippen molar-refractivity contribution >= 4 is 28.6 Å². The second kappa shape index (κ2) is 6.53. The Labute approximate surface area is 138 Å². The Kier molecular flexibility index (Phi) is 4.28. The third kappa shape index (κ3) is 3.12. The number of amides is 1. The molecule has 1 unspecified atom stereocenters. The van der Waals surface area contributed by atoms with E-state index in [0.29, 0.717) is 28.4 Å². The molecule has 3 aromatic rings. The zero-order valence-corrected chi connectivity index (χ0v) is 13.6. The van der Waals surface area contributed by atoms with Crippen LogP contribution < -0.4 is 15.4 Å². The Morgan fingerprint density at radius 1 is 1.29 bits per heavy atom. The maximum atomic E-state index is 12.4. The predicted octanol–water partition coefficient (Wildman–Crippen LogP) is 1.81. The first-order chi connectivity index (χ1) is 11.6. The molecule has 0 aliphatic heterocycles. The minimum absolute atomic E-state index is 0.189. The normalized spacial score (nSPS) is 12.0. The van der Waals surface area contributed by atoms with Crippen molar-refractivity contribution in [3.8, 4) is 5.75 Å². The number of aromatic nitrogens is 4. The highest BCUT2D eigenvalue weighted by molar-refractivity contribution is 5.97. The van der Waals surface area contributed by atoms with Gasteiger partial charge in [-0.25, -0.2) is 14.6 Å². The van der Waals surface area contributed by atoms with Gasteiger partial charge in [0.1, 0.15) is 11.8 Å². The molecular formula is C16H18N6O2. The molecule has 0 bridgehead atoms. The summed E-state index contributed by atoms with van der Waals surface area (Å²) >= 11 is 0. The summed E-state index contributed by atoms with van der Waals surface area (Å²) in [7, 11) is 3.36. The van der Waals surface area contributed by atoms with Crippen LogP contribution in [0.1, 0.15) is 6.92 Å². The number of methoxy groups -OCH3 is 1. The van der Waals surface area contributed by atoms with Gasteiger partial charge in [0.2, 0.25) is 5.91 Å². The molecule has 24 heavy (non-hydrogen) atoms. The third-order valence-corrected chi connectivity index (χ3v) is 3.54. The molecule has 0 radical (unpaired) electrons. The Morgan fingerprint density at radius 3 is 2.88 bits per heavy atom. The summed E-state index contributed by atoms with van der Waals surface area (Å²) in [6, 6.07) is 6.68. The van der Waals surface area contributed by atoms with Crippen LogP contribution in [0.5, 0.6) is 5.75 Å². The largest absolute Gasteiger partial charge is 0.497 e. The van der Waals surface area contributed by atoms with Crippen LogP contribution >= 0.6 is 0 Å². The summed E-state index contributed by atoms with van der Waals surface area (Å²) in [6.45, 7) is 1.76. The Hall–Kier alpha value is -3.16. The van der Waals surface area contributed by atoms with Crippen LogP contribution in [-0.4, -0.2) is 38.8 Å². The van der Waals surface area contributed by atoms with Crippen molar-refractivity contribution in [2.45, 2.75) is 13.0 Å². The standard InChI is InChI=1S/C16H18N6O2/c1-10(16(23)20-11-5-4-6-12(9-11)24-3)19-14-13-15(22(2)21-14)18-8-7-17-13/h4-10H,1-3H3,(H,19,21)(H,20,23). The van der Waals surface area contributed by atoms with Gasteiger partial charge < -0.3 is 15.4 Å². The number of nitrogens with one attached hydrogen (secondary N) is 2. The highest BCUT2D eigenvalue weighted by atomic mass is 16.5. The van der Waals surface area contributed by atoms with Crippen molar-refractivity contribution in [3.63, 3.8) is 0 Å². The number of nitrogens with zero attached hydrogens (tertiary/aromatic N) is 4. The molecule has 3 rings (SSSR count). The van der Waals surface area contributed by atoms with E-state index >= 15 is 0 Å². The molecule has 2 N–H and O–H groups in total. The van der Waals surface area contributed by atoms with E-state index in [1.807, 2.05) is 12.1 Å². The van der Waals surface area contributed by atoms with Gasteiger partial charge in [-0.15, -0.1) is 0 Å². The van der Waals surface area contributed by atoms with Crippen LogP contribution in [0.4, 0.5) is 11.5 Å². The van der Waals surface area contributed by atoms with E-state index in [1.54, 1.807) is 50.3 Å². The van der Waals surface area contributed by atoms with Gasteiger partial charge in [-0.05, 0) is 19.1 Å². The van der Waals surface area contributed by atoms with Crippen molar-refractivity contribution in [2.24, 2.45) is 7.05 Å². The number of fused-ring (bicyclic) bond motifs is 1. The number of anilines is 2. The highest BCUT2D eigenvalue weighted by Crippen LogP contribution is 2.19. The third-order valence-electron chi connectivity index (χ3n) is 3.54. The van der Waals surface area contributed by atoms with Crippen LogP contribution in [0, 0.1) is 0 Å². The van der Waals surface area contributed by atoms with E-state index in [-0.39, 0.29) is 5.91 Å². The fourth-order valence-electron chi connectivity index (χ4n) is 2.30. The lowest BCUT2D eigenvalue weighted by Gasteiger charge is -2.14. The second-order valence-electron chi connectivity index (χ2n) is 5.29. The van der Waals surface area contributed by atoms with E-state index in [0.717, 1.165) is 0 Å². The van der Waals surface area contributed by atoms with Crippen molar-refractivity contribution in [1.29, 1.82) is 0 Å². The second-order valence-corrected chi connectivity index (χ2v) is 5.29. The number of carbonyl (C=O) groups is 1. The summed E-state index contributed by atoms with van der Waals surface area (Å²) in [4.78, 5) is 20.9. The zero-order valence-electron chi connectivity index (χ0n) is 13.6.